The number of H-pyrrole nitrogens is 1. The fourth-order valence-corrected chi connectivity index (χ4v) is 5.99. The first-order valence-electron chi connectivity index (χ1n) is 11.5. The first kappa shape index (κ1) is 25.6. The van der Waals surface area contributed by atoms with E-state index >= 15 is 0 Å². The average Bonchev–Trinajstić information content (AvgIpc) is 3.14. The molecule has 1 N–H and O–H groups in total. The molecule has 1 amide bonds. The molecule has 5 atom stereocenters. The molecule has 1 aliphatic rings. The third kappa shape index (κ3) is 5.73. The van der Waals surface area contributed by atoms with Crippen LogP contribution in [0.2, 0.25) is 5.02 Å². The Balaban J connectivity index is 1.86. The predicted molar refractivity (Wildman–Crippen MR) is 134 cm³/mol. The molecule has 1 aliphatic heterocycles. The van der Waals surface area contributed by atoms with Gasteiger partial charge < -0.3 is 14.1 Å². The highest BCUT2D eigenvalue weighted by Gasteiger charge is 2.38. The molecule has 0 saturated carbocycles. The van der Waals surface area contributed by atoms with Gasteiger partial charge in [0.25, 0.3) is 0 Å². The zero-order valence-corrected chi connectivity index (χ0v) is 21.8. The molecule has 0 radical (unpaired) electrons. The molecule has 8 heteroatoms. The number of hydrogen-bond donors (Lipinski definition) is 1. The van der Waals surface area contributed by atoms with Crippen LogP contribution in [0, 0.1) is 22.7 Å². The maximum Gasteiger partial charge on any atom is 0.223 e. The second-order valence-corrected chi connectivity index (χ2v) is 11.6. The topological polar surface area (TPSA) is 86.2 Å². The summed E-state index contributed by atoms with van der Waals surface area (Å²) >= 11 is 5.12. The van der Waals surface area contributed by atoms with Crippen molar-refractivity contribution in [2.75, 3.05) is 6.26 Å². The van der Waals surface area contributed by atoms with Crippen LogP contribution in [0.3, 0.4) is 0 Å². The highest BCUT2D eigenvalue weighted by atomic mass is 35.5. The first-order chi connectivity index (χ1) is 15.4. The minimum Gasteiger partial charge on any atom is -0.399 e. The summed E-state index contributed by atoms with van der Waals surface area (Å²) < 4.78 is 16.9. The molecule has 0 bridgehead atoms. The van der Waals surface area contributed by atoms with Crippen LogP contribution in [0.25, 0.3) is 10.9 Å². The van der Waals surface area contributed by atoms with Crippen LogP contribution in [0.1, 0.15) is 71.8 Å². The molecule has 2 heterocycles. The molecule has 33 heavy (non-hydrogen) atoms. The van der Waals surface area contributed by atoms with E-state index in [0.29, 0.717) is 29.5 Å². The zero-order valence-electron chi connectivity index (χ0n) is 20.3. The van der Waals surface area contributed by atoms with Gasteiger partial charge in [-0.2, -0.15) is 5.26 Å². The van der Waals surface area contributed by atoms with E-state index in [1.165, 1.54) is 6.26 Å². The molecule has 2 aromatic rings. The molecular weight excluding hydrogens is 458 g/mol. The van der Waals surface area contributed by atoms with Crippen LogP contribution in [0.15, 0.2) is 18.3 Å². The summed E-state index contributed by atoms with van der Waals surface area (Å²) in [5.41, 5.74) is 1.30. The summed E-state index contributed by atoms with van der Waals surface area (Å²) in [7, 11) is 0. The monoisotopic (exact) mass is 491 g/mol. The zero-order chi connectivity index (χ0) is 24.5. The summed E-state index contributed by atoms with van der Waals surface area (Å²) in [6, 6.07) is 6.13. The summed E-state index contributed by atoms with van der Waals surface area (Å²) in [4.78, 5) is 18.8. The van der Waals surface area contributed by atoms with Crippen molar-refractivity contribution in [2.24, 2.45) is 11.3 Å². The van der Waals surface area contributed by atoms with Crippen LogP contribution in [0.4, 0.5) is 0 Å². The van der Waals surface area contributed by atoms with E-state index in [1.807, 2.05) is 37.9 Å². The minimum atomic E-state index is -1.49. The molecule has 0 aliphatic carbocycles. The number of benzene rings is 1. The summed E-state index contributed by atoms with van der Waals surface area (Å²) in [5.74, 6) is 0.910. The van der Waals surface area contributed by atoms with Gasteiger partial charge in [-0.25, -0.2) is 4.21 Å². The lowest BCUT2D eigenvalue weighted by Gasteiger charge is -2.45. The molecule has 5 unspecified atom stereocenters. The van der Waals surface area contributed by atoms with Crippen molar-refractivity contribution in [3.8, 4) is 11.8 Å². The molecule has 1 saturated heterocycles. The van der Waals surface area contributed by atoms with Crippen molar-refractivity contribution < 1.29 is 13.2 Å². The Morgan fingerprint density at radius 2 is 2.09 bits per heavy atom. The van der Waals surface area contributed by atoms with Crippen molar-refractivity contribution in [3.05, 3.63) is 28.9 Å². The Morgan fingerprint density at radius 3 is 2.73 bits per heavy atom. The number of nitriles is 1. The van der Waals surface area contributed by atoms with Crippen LogP contribution < -0.4 is 4.18 Å². The summed E-state index contributed by atoms with van der Waals surface area (Å²) in [6.07, 6.45) is 6.24. The van der Waals surface area contributed by atoms with Gasteiger partial charge in [-0.1, -0.05) is 25.4 Å². The van der Waals surface area contributed by atoms with Gasteiger partial charge >= 0.3 is 0 Å². The van der Waals surface area contributed by atoms with Crippen molar-refractivity contribution >= 4 is 39.5 Å². The Morgan fingerprint density at radius 1 is 1.39 bits per heavy atom. The number of nitrogens with one attached hydrogen (secondary N) is 1. The lowest BCUT2D eigenvalue weighted by atomic mass is 9.79. The molecule has 1 fully saturated rings. The van der Waals surface area contributed by atoms with E-state index < -0.39 is 16.5 Å². The second kappa shape index (κ2) is 10.1. The number of carbonyl (C=O) groups excluding carboxylic acids is 1. The van der Waals surface area contributed by atoms with Gasteiger partial charge in [0.15, 0.2) is 5.75 Å². The van der Waals surface area contributed by atoms with Gasteiger partial charge in [-0.15, -0.1) is 0 Å². The molecule has 3 rings (SSSR count). The quantitative estimate of drug-likeness (QED) is 0.519. The van der Waals surface area contributed by atoms with Gasteiger partial charge in [0, 0.05) is 41.9 Å². The SMILES string of the molecule is CC1CC(C)N(C(=O)CC(C)c2c[nH]c3ccc(OS(C)=O)c(Cl)c23)C(CC(C)(C)C#N)C1. The van der Waals surface area contributed by atoms with Gasteiger partial charge in [0.1, 0.15) is 0 Å². The van der Waals surface area contributed by atoms with Gasteiger partial charge in [-0.05, 0) is 69.6 Å². The number of rotatable bonds is 7. The lowest BCUT2D eigenvalue weighted by Crippen LogP contribution is -2.52. The lowest BCUT2D eigenvalue weighted by molar-refractivity contribution is -0.139. The first-order valence-corrected chi connectivity index (χ1v) is 13.3. The summed E-state index contributed by atoms with van der Waals surface area (Å²) in [5, 5.41) is 10.7. The molecule has 0 spiro atoms. The molecule has 180 valence electrons. The predicted octanol–water partition coefficient (Wildman–Crippen LogP) is 5.94. The highest BCUT2D eigenvalue weighted by molar-refractivity contribution is 7.79. The van der Waals surface area contributed by atoms with Gasteiger partial charge in [-0.3, -0.25) is 4.79 Å². The van der Waals surface area contributed by atoms with Crippen LogP contribution in [-0.4, -0.2) is 38.3 Å². The Kier molecular flexibility index (Phi) is 7.80. The van der Waals surface area contributed by atoms with Crippen LogP contribution in [0.5, 0.6) is 5.75 Å². The molecule has 6 nitrogen and oxygen atoms in total. The van der Waals surface area contributed by atoms with E-state index in [-0.39, 0.29) is 23.9 Å². The number of hydrogen-bond acceptors (Lipinski definition) is 4. The third-order valence-corrected chi connectivity index (χ3v) is 7.41. The smallest absolute Gasteiger partial charge is 0.223 e. The highest BCUT2D eigenvalue weighted by Crippen LogP contribution is 2.40. The number of halogens is 1. The fraction of sp³-hybridized carbons (Fsp3) is 0.600. The normalized spacial score (nSPS) is 23.2. The van der Waals surface area contributed by atoms with Crippen molar-refractivity contribution in [1.82, 2.24) is 9.88 Å². The Hall–Kier alpha value is -2.04. The standard InChI is InChI=1S/C25H34ClN3O3S/c1-15-9-17(3)29(18(10-15)12-25(4,5)14-27)22(30)11-16(2)19-13-28-20-7-8-21(32-33(6)31)24(26)23(19)20/h7-8,13,15-18,28H,9-12H2,1-6H3. The number of aromatic nitrogens is 1. The van der Waals surface area contributed by atoms with Crippen LogP contribution in [-0.2, 0) is 15.9 Å². The average molecular weight is 492 g/mol. The number of piperidine rings is 1. The Labute approximate surface area is 204 Å². The fourth-order valence-electron chi connectivity index (χ4n) is 5.24. The number of carbonyl (C=O) groups is 1. The van der Waals surface area contributed by atoms with E-state index in [9.17, 15) is 14.3 Å². The number of fused-ring (bicyclic) bond motifs is 1. The number of amides is 1. The number of nitrogens with zero attached hydrogens (tertiary/aromatic N) is 2. The molecule has 1 aromatic carbocycles. The van der Waals surface area contributed by atoms with Crippen molar-refractivity contribution in [1.29, 1.82) is 5.26 Å². The summed E-state index contributed by atoms with van der Waals surface area (Å²) in [6.45, 7) is 10.2. The van der Waals surface area contributed by atoms with Crippen molar-refractivity contribution in [3.63, 3.8) is 0 Å². The van der Waals surface area contributed by atoms with Gasteiger partial charge in [0.2, 0.25) is 17.0 Å². The second-order valence-electron chi connectivity index (χ2n) is 10.2. The van der Waals surface area contributed by atoms with Crippen LogP contribution >= 0.6 is 11.6 Å². The maximum atomic E-state index is 13.6. The van der Waals surface area contributed by atoms with Gasteiger partial charge in [0.05, 0.1) is 16.5 Å². The van der Waals surface area contributed by atoms with E-state index in [4.69, 9.17) is 15.8 Å². The molecular formula is C25H34ClN3O3S. The third-order valence-electron chi connectivity index (χ3n) is 6.62. The minimum absolute atomic E-state index is 0.0594. The van der Waals surface area contributed by atoms with E-state index in [2.05, 4.69) is 24.9 Å². The van der Waals surface area contributed by atoms with E-state index in [0.717, 1.165) is 29.3 Å². The van der Waals surface area contributed by atoms with E-state index in [1.54, 1.807) is 6.07 Å². The molecule has 1 aromatic heterocycles. The van der Waals surface area contributed by atoms with Crippen molar-refractivity contribution in [2.45, 2.75) is 78.3 Å². The number of aromatic amines is 1. The number of likely N-dealkylation sites (tertiary alicyclic amines) is 1. The maximum absolute atomic E-state index is 13.6. The Bertz CT molecular complexity index is 1090. The largest absolute Gasteiger partial charge is 0.399 e.